The van der Waals surface area contributed by atoms with Crippen LogP contribution in [0.1, 0.15) is 5.69 Å². The van der Waals surface area contributed by atoms with E-state index in [9.17, 15) is 13.2 Å². The third-order valence-corrected chi connectivity index (χ3v) is 6.95. The zero-order valence-corrected chi connectivity index (χ0v) is 23.6. The number of nitrogens with zero attached hydrogens (tertiary/aromatic N) is 4. The molecule has 0 bridgehead atoms. The molecular formula is C28H29ClN6O4S. The number of hydrogen-bond acceptors (Lipinski definition) is 9. The van der Waals surface area contributed by atoms with Crippen molar-refractivity contribution in [3.05, 3.63) is 90.0 Å². The highest BCUT2D eigenvalue weighted by Gasteiger charge is 2.10. The summed E-state index contributed by atoms with van der Waals surface area (Å²) in [5.41, 5.74) is 2.76. The second-order valence-corrected chi connectivity index (χ2v) is 11.8. The minimum absolute atomic E-state index is 0.0646. The van der Waals surface area contributed by atoms with Crippen LogP contribution in [0.3, 0.4) is 0 Å². The first kappa shape index (κ1) is 28.9. The van der Waals surface area contributed by atoms with Crippen molar-refractivity contribution in [3.63, 3.8) is 0 Å². The molecule has 0 aliphatic carbocycles. The van der Waals surface area contributed by atoms with Crippen LogP contribution >= 0.6 is 11.6 Å². The molecule has 0 spiro atoms. The highest BCUT2D eigenvalue weighted by molar-refractivity contribution is 7.90. The molecule has 4 rings (SSSR count). The number of sulfone groups is 1. The van der Waals surface area contributed by atoms with E-state index in [1.165, 1.54) is 18.7 Å². The number of hydrogen-bond donors (Lipinski definition) is 2. The molecule has 10 nitrogen and oxygen atoms in total. The van der Waals surface area contributed by atoms with Gasteiger partial charge in [-0.25, -0.2) is 18.4 Å². The molecule has 0 atom stereocenters. The molecule has 0 aliphatic heterocycles. The number of ether oxygens (including phenoxy) is 1. The molecule has 0 saturated carbocycles. The molecule has 208 valence electrons. The van der Waals surface area contributed by atoms with Gasteiger partial charge in [0.1, 0.15) is 34.3 Å². The first-order valence-electron chi connectivity index (χ1n) is 12.3. The molecule has 0 unspecified atom stereocenters. The number of anilines is 3. The highest BCUT2D eigenvalue weighted by Crippen LogP contribution is 2.31. The molecule has 2 heterocycles. The Labute approximate surface area is 238 Å². The summed E-state index contributed by atoms with van der Waals surface area (Å²) in [6, 6.07) is 16.3. The van der Waals surface area contributed by atoms with Gasteiger partial charge in [-0.15, -0.1) is 0 Å². The normalized spacial score (nSPS) is 11.7. The second kappa shape index (κ2) is 13.3. The molecule has 40 heavy (non-hydrogen) atoms. The fraction of sp³-hybridized carbons (Fsp3) is 0.214. The van der Waals surface area contributed by atoms with Crippen molar-refractivity contribution in [1.29, 1.82) is 0 Å². The third-order valence-electron chi connectivity index (χ3n) is 5.73. The largest absolute Gasteiger partial charge is 0.486 e. The molecule has 2 N–H and O–H groups in total. The predicted octanol–water partition coefficient (Wildman–Crippen LogP) is 4.47. The molecule has 12 heteroatoms. The Morgan fingerprint density at radius 1 is 1.07 bits per heavy atom. The second-order valence-electron chi connectivity index (χ2n) is 9.12. The molecule has 0 fully saturated rings. The third kappa shape index (κ3) is 8.73. The lowest BCUT2D eigenvalue weighted by Gasteiger charge is -2.13. The lowest BCUT2D eigenvalue weighted by molar-refractivity contribution is -0.111. The van der Waals surface area contributed by atoms with Crippen LogP contribution in [-0.2, 0) is 21.2 Å². The number of amides is 1. The molecular weight excluding hydrogens is 552 g/mol. The number of fused-ring (bicyclic) bond motifs is 1. The van der Waals surface area contributed by atoms with Gasteiger partial charge in [-0.2, -0.15) is 0 Å². The van der Waals surface area contributed by atoms with Gasteiger partial charge in [0.25, 0.3) is 0 Å². The van der Waals surface area contributed by atoms with Crippen molar-refractivity contribution in [2.24, 2.45) is 0 Å². The van der Waals surface area contributed by atoms with E-state index in [2.05, 4.69) is 25.6 Å². The maximum Gasteiger partial charge on any atom is 0.248 e. The first-order chi connectivity index (χ1) is 19.2. The minimum Gasteiger partial charge on any atom is -0.486 e. The lowest BCUT2D eigenvalue weighted by atomic mass is 10.2. The van der Waals surface area contributed by atoms with E-state index >= 15 is 0 Å². The molecule has 2 aromatic carbocycles. The predicted molar refractivity (Wildman–Crippen MR) is 158 cm³/mol. The average molecular weight is 581 g/mol. The van der Waals surface area contributed by atoms with E-state index in [0.717, 1.165) is 5.69 Å². The minimum atomic E-state index is -3.03. The number of likely N-dealkylation sites (N-methyl/N-ethyl adjacent to an activating group) is 1. The molecule has 0 saturated heterocycles. The summed E-state index contributed by atoms with van der Waals surface area (Å²) >= 11 is 6.46. The van der Waals surface area contributed by atoms with E-state index in [1.807, 2.05) is 29.2 Å². The standard InChI is InChI=1S/C28H29ClN6O4S/c1-35(14-15-40(2,37)38)13-5-7-27(36)33-20-8-10-25-23(16-20)28(32-19-31-25)34-21-9-11-26(24(29)17-21)39-18-22-6-3-4-12-30-22/h3-12,16-17,19H,13-15,18H2,1-2H3,(H,33,36)(H,31,32,34)/b7-5+. The van der Waals surface area contributed by atoms with Gasteiger partial charge in [-0.05, 0) is 55.6 Å². The van der Waals surface area contributed by atoms with Crippen LogP contribution in [0.5, 0.6) is 5.75 Å². The molecule has 0 radical (unpaired) electrons. The van der Waals surface area contributed by atoms with Crippen LogP contribution in [0.15, 0.2) is 79.3 Å². The number of aromatic nitrogens is 3. The number of carbonyl (C=O) groups excluding carboxylic acids is 1. The number of carbonyl (C=O) groups is 1. The van der Waals surface area contributed by atoms with Crippen LogP contribution in [0.2, 0.25) is 5.02 Å². The quantitative estimate of drug-likeness (QED) is 0.233. The zero-order chi connectivity index (χ0) is 28.5. The van der Waals surface area contributed by atoms with Crippen LogP contribution in [0, 0.1) is 0 Å². The Kier molecular flexibility index (Phi) is 9.65. The summed E-state index contributed by atoms with van der Waals surface area (Å²) < 4.78 is 28.4. The van der Waals surface area contributed by atoms with Gasteiger partial charge in [0, 0.05) is 48.4 Å². The van der Waals surface area contributed by atoms with Gasteiger partial charge < -0.3 is 20.3 Å². The number of rotatable bonds is 12. The van der Waals surface area contributed by atoms with Crippen molar-refractivity contribution < 1.29 is 17.9 Å². The highest BCUT2D eigenvalue weighted by atomic mass is 35.5. The number of nitrogens with one attached hydrogen (secondary N) is 2. The monoisotopic (exact) mass is 580 g/mol. The summed E-state index contributed by atoms with van der Waals surface area (Å²) in [7, 11) is -1.24. The molecule has 2 aromatic heterocycles. The molecule has 0 aliphatic rings. The number of halogens is 1. The van der Waals surface area contributed by atoms with E-state index < -0.39 is 9.84 Å². The topological polar surface area (TPSA) is 126 Å². The van der Waals surface area contributed by atoms with Gasteiger partial charge in [-0.3, -0.25) is 9.78 Å². The van der Waals surface area contributed by atoms with Crippen molar-refractivity contribution in [1.82, 2.24) is 19.9 Å². The summed E-state index contributed by atoms with van der Waals surface area (Å²) in [6.45, 7) is 1.13. The van der Waals surface area contributed by atoms with Crippen molar-refractivity contribution >= 4 is 55.4 Å². The Hall–Kier alpha value is -4.06. The maximum absolute atomic E-state index is 12.4. The van der Waals surface area contributed by atoms with E-state index in [4.69, 9.17) is 16.3 Å². The summed E-state index contributed by atoms with van der Waals surface area (Å²) in [6.07, 6.45) is 7.46. The van der Waals surface area contributed by atoms with Gasteiger partial charge in [0.2, 0.25) is 5.91 Å². The Balaban J connectivity index is 1.40. The zero-order valence-electron chi connectivity index (χ0n) is 22.0. The van der Waals surface area contributed by atoms with E-state index in [1.54, 1.807) is 49.7 Å². The van der Waals surface area contributed by atoms with Gasteiger partial charge in [0.05, 0.1) is 22.0 Å². The lowest BCUT2D eigenvalue weighted by Crippen LogP contribution is -2.25. The van der Waals surface area contributed by atoms with Gasteiger partial charge in [0.15, 0.2) is 0 Å². The number of pyridine rings is 1. The van der Waals surface area contributed by atoms with Crippen LogP contribution in [-0.4, -0.2) is 66.3 Å². The average Bonchev–Trinajstić information content (AvgIpc) is 2.92. The SMILES string of the molecule is CN(C/C=C/C(=O)Nc1ccc2ncnc(Nc3ccc(OCc4ccccn4)c(Cl)c3)c2c1)CCS(C)(=O)=O. The van der Waals surface area contributed by atoms with Gasteiger partial charge >= 0.3 is 0 Å². The smallest absolute Gasteiger partial charge is 0.248 e. The Morgan fingerprint density at radius 2 is 1.90 bits per heavy atom. The van der Waals surface area contributed by atoms with Crippen molar-refractivity contribution in [3.8, 4) is 5.75 Å². The van der Waals surface area contributed by atoms with Crippen molar-refractivity contribution in [2.75, 3.05) is 42.8 Å². The van der Waals surface area contributed by atoms with Gasteiger partial charge in [-0.1, -0.05) is 23.7 Å². The summed E-state index contributed by atoms with van der Waals surface area (Å²) in [5.74, 6) is 0.831. The molecule has 4 aromatic rings. The fourth-order valence-electron chi connectivity index (χ4n) is 3.64. The molecule has 1 amide bonds. The Bertz CT molecular complexity index is 1620. The summed E-state index contributed by atoms with van der Waals surface area (Å²) in [4.78, 5) is 27.2. The fourth-order valence-corrected chi connectivity index (χ4v) is 4.52. The van der Waals surface area contributed by atoms with Crippen LogP contribution < -0.4 is 15.4 Å². The van der Waals surface area contributed by atoms with E-state index in [0.29, 0.717) is 58.6 Å². The first-order valence-corrected chi connectivity index (χ1v) is 14.8. The van der Waals surface area contributed by atoms with Crippen LogP contribution in [0.4, 0.5) is 17.2 Å². The maximum atomic E-state index is 12.4. The van der Waals surface area contributed by atoms with Crippen molar-refractivity contribution in [2.45, 2.75) is 6.61 Å². The van der Waals surface area contributed by atoms with E-state index in [-0.39, 0.29) is 11.7 Å². The van der Waals surface area contributed by atoms with Crippen LogP contribution in [0.25, 0.3) is 10.9 Å². The number of benzene rings is 2. The Morgan fingerprint density at radius 3 is 2.65 bits per heavy atom. The summed E-state index contributed by atoms with van der Waals surface area (Å²) in [5, 5.41) is 7.23.